The Bertz CT molecular complexity index is 956. The van der Waals surface area contributed by atoms with Gasteiger partial charge in [-0.1, -0.05) is 11.3 Å². The predicted octanol–water partition coefficient (Wildman–Crippen LogP) is 3.85. The molecule has 2 unspecified atom stereocenters. The van der Waals surface area contributed by atoms with Gasteiger partial charge in [-0.25, -0.2) is 4.98 Å². The number of carbonyl (C=O) groups excluding carboxylic acids is 1. The number of carbonyl (C=O) groups is 1. The van der Waals surface area contributed by atoms with E-state index in [0.717, 1.165) is 47.1 Å². The summed E-state index contributed by atoms with van der Waals surface area (Å²) in [6.45, 7) is 1.93. The molecule has 0 saturated carbocycles. The minimum atomic E-state index is 0.128. The number of hydrogen-bond donors (Lipinski definition) is 0. The average molecular weight is 395 g/mol. The number of rotatable bonds is 4. The van der Waals surface area contributed by atoms with Gasteiger partial charge in [0.1, 0.15) is 16.7 Å². The standard InChI is InChI=1S/C21H22N4O2S/c1-14-19(28-21(23-14)24-10-2-3-11-24)20(26)25-15-4-5-16(25)13-18(12-15)27-17-6-8-22-9-7-17/h2-3,6-11,15-16,18H,4-5,12-13H2,1H3. The van der Waals surface area contributed by atoms with Crippen molar-refractivity contribution in [3.05, 3.63) is 59.6 Å². The van der Waals surface area contributed by atoms with E-state index in [1.54, 1.807) is 12.4 Å². The number of aryl methyl sites for hydroxylation is 1. The third-order valence-corrected chi connectivity index (χ3v) is 6.84. The number of thiazole rings is 1. The molecule has 28 heavy (non-hydrogen) atoms. The normalized spacial score (nSPS) is 23.8. The van der Waals surface area contributed by atoms with Gasteiger partial charge in [-0.05, 0) is 44.0 Å². The summed E-state index contributed by atoms with van der Waals surface area (Å²) in [6.07, 6.45) is 11.4. The molecule has 7 heteroatoms. The predicted molar refractivity (Wildman–Crippen MR) is 107 cm³/mol. The lowest BCUT2D eigenvalue weighted by atomic mass is 9.99. The van der Waals surface area contributed by atoms with Gasteiger partial charge in [0.25, 0.3) is 5.91 Å². The van der Waals surface area contributed by atoms with Crippen LogP contribution >= 0.6 is 11.3 Å². The number of piperidine rings is 1. The van der Waals surface area contributed by atoms with E-state index >= 15 is 0 Å². The Kier molecular flexibility index (Phi) is 4.39. The second-order valence-electron chi connectivity index (χ2n) is 7.49. The van der Waals surface area contributed by atoms with E-state index in [1.165, 1.54) is 11.3 Å². The fraction of sp³-hybridized carbons (Fsp3) is 0.381. The van der Waals surface area contributed by atoms with Crippen molar-refractivity contribution in [2.24, 2.45) is 0 Å². The van der Waals surface area contributed by atoms with Crippen molar-refractivity contribution in [3.8, 4) is 10.9 Å². The Hall–Kier alpha value is -2.67. The summed E-state index contributed by atoms with van der Waals surface area (Å²) in [5.41, 5.74) is 0.813. The summed E-state index contributed by atoms with van der Waals surface area (Å²) in [5.74, 6) is 0.983. The molecule has 2 saturated heterocycles. The molecule has 0 aliphatic carbocycles. The van der Waals surface area contributed by atoms with E-state index in [2.05, 4.69) is 14.9 Å². The van der Waals surface area contributed by atoms with Crippen LogP contribution in [-0.4, -0.2) is 43.5 Å². The molecule has 0 radical (unpaired) electrons. The molecule has 0 spiro atoms. The molecule has 2 bridgehead atoms. The van der Waals surface area contributed by atoms with Crippen LogP contribution < -0.4 is 4.74 Å². The third kappa shape index (κ3) is 3.09. The van der Waals surface area contributed by atoms with Gasteiger partial charge in [0.05, 0.1) is 5.69 Å². The zero-order chi connectivity index (χ0) is 19.1. The average Bonchev–Trinajstić information content (AvgIpc) is 3.41. The second-order valence-corrected chi connectivity index (χ2v) is 8.47. The lowest BCUT2D eigenvalue weighted by Crippen LogP contribution is -2.49. The molecular weight excluding hydrogens is 372 g/mol. The Morgan fingerprint density at radius 2 is 1.82 bits per heavy atom. The van der Waals surface area contributed by atoms with Crippen LogP contribution in [0.3, 0.4) is 0 Å². The highest BCUT2D eigenvalue weighted by molar-refractivity contribution is 7.16. The molecule has 2 aliphatic heterocycles. The number of pyridine rings is 1. The molecule has 5 heterocycles. The summed E-state index contributed by atoms with van der Waals surface area (Å²) >= 11 is 1.48. The van der Waals surface area contributed by atoms with Crippen molar-refractivity contribution in [1.82, 2.24) is 19.4 Å². The maximum Gasteiger partial charge on any atom is 0.266 e. The van der Waals surface area contributed by atoms with E-state index in [9.17, 15) is 4.79 Å². The molecule has 1 amide bonds. The number of fused-ring (bicyclic) bond motifs is 2. The molecule has 6 nitrogen and oxygen atoms in total. The van der Waals surface area contributed by atoms with E-state index < -0.39 is 0 Å². The summed E-state index contributed by atoms with van der Waals surface area (Å²) < 4.78 is 8.11. The SMILES string of the molecule is Cc1nc(-n2cccc2)sc1C(=O)N1C2CCC1CC(Oc1ccncc1)C2. The van der Waals surface area contributed by atoms with E-state index in [4.69, 9.17) is 4.74 Å². The van der Waals surface area contributed by atoms with Gasteiger partial charge >= 0.3 is 0 Å². The lowest BCUT2D eigenvalue weighted by Gasteiger charge is -2.38. The van der Waals surface area contributed by atoms with Crippen LogP contribution in [0.1, 0.15) is 41.0 Å². The number of hydrogen-bond acceptors (Lipinski definition) is 5. The van der Waals surface area contributed by atoms with Crippen molar-refractivity contribution in [2.45, 2.75) is 50.8 Å². The number of ether oxygens (including phenoxy) is 1. The Morgan fingerprint density at radius 1 is 1.14 bits per heavy atom. The first-order chi connectivity index (χ1) is 13.7. The largest absolute Gasteiger partial charge is 0.490 e. The quantitative estimate of drug-likeness (QED) is 0.674. The fourth-order valence-corrected chi connectivity index (χ4v) is 5.41. The number of aromatic nitrogens is 3. The van der Waals surface area contributed by atoms with Crippen molar-refractivity contribution < 1.29 is 9.53 Å². The van der Waals surface area contributed by atoms with Gasteiger partial charge in [-0.2, -0.15) is 0 Å². The van der Waals surface area contributed by atoms with Crippen molar-refractivity contribution >= 4 is 17.2 Å². The highest BCUT2D eigenvalue weighted by Gasteiger charge is 2.45. The minimum absolute atomic E-state index is 0.128. The lowest BCUT2D eigenvalue weighted by molar-refractivity contribution is 0.0362. The van der Waals surface area contributed by atoms with E-state index in [0.29, 0.717) is 0 Å². The molecule has 0 N–H and O–H groups in total. The summed E-state index contributed by atoms with van der Waals surface area (Å²) in [5, 5.41) is 0.842. The maximum atomic E-state index is 13.4. The molecule has 2 fully saturated rings. The van der Waals surface area contributed by atoms with Gasteiger partial charge < -0.3 is 14.2 Å². The molecule has 144 valence electrons. The minimum Gasteiger partial charge on any atom is -0.490 e. The smallest absolute Gasteiger partial charge is 0.266 e. The van der Waals surface area contributed by atoms with Crippen molar-refractivity contribution in [2.75, 3.05) is 0 Å². The van der Waals surface area contributed by atoms with Crippen LogP contribution in [0.25, 0.3) is 5.13 Å². The molecule has 2 atom stereocenters. The first-order valence-corrected chi connectivity index (χ1v) is 10.5. The van der Waals surface area contributed by atoms with Gasteiger partial charge in [0.15, 0.2) is 5.13 Å². The molecule has 3 aromatic rings. The Balaban J connectivity index is 1.33. The topological polar surface area (TPSA) is 60.2 Å². The summed E-state index contributed by atoms with van der Waals surface area (Å²) in [4.78, 5) is 24.9. The highest BCUT2D eigenvalue weighted by Crippen LogP contribution is 2.39. The monoisotopic (exact) mass is 394 g/mol. The van der Waals surface area contributed by atoms with E-state index in [-0.39, 0.29) is 24.1 Å². The summed E-state index contributed by atoms with van der Waals surface area (Å²) in [6, 6.07) is 8.20. The Labute approximate surface area is 167 Å². The zero-order valence-corrected chi connectivity index (χ0v) is 16.5. The van der Waals surface area contributed by atoms with Gasteiger partial charge in [0, 0.05) is 49.7 Å². The van der Waals surface area contributed by atoms with Gasteiger partial charge in [-0.15, -0.1) is 0 Å². The van der Waals surface area contributed by atoms with Crippen molar-refractivity contribution in [3.63, 3.8) is 0 Å². The van der Waals surface area contributed by atoms with Crippen LogP contribution in [-0.2, 0) is 0 Å². The van der Waals surface area contributed by atoms with Crippen LogP contribution in [0.2, 0.25) is 0 Å². The molecule has 2 aliphatic rings. The third-order valence-electron chi connectivity index (χ3n) is 5.68. The number of amides is 1. The van der Waals surface area contributed by atoms with E-state index in [1.807, 2.05) is 48.1 Å². The fourth-order valence-electron chi connectivity index (χ4n) is 4.43. The molecule has 5 rings (SSSR count). The Morgan fingerprint density at radius 3 is 2.50 bits per heavy atom. The van der Waals surface area contributed by atoms with Crippen LogP contribution in [0.4, 0.5) is 0 Å². The highest BCUT2D eigenvalue weighted by atomic mass is 32.1. The zero-order valence-electron chi connectivity index (χ0n) is 15.7. The number of nitrogens with zero attached hydrogens (tertiary/aromatic N) is 4. The van der Waals surface area contributed by atoms with Crippen LogP contribution in [0.5, 0.6) is 5.75 Å². The van der Waals surface area contributed by atoms with Crippen molar-refractivity contribution in [1.29, 1.82) is 0 Å². The molecule has 3 aromatic heterocycles. The first-order valence-electron chi connectivity index (χ1n) is 9.69. The van der Waals surface area contributed by atoms with Gasteiger partial charge in [-0.3, -0.25) is 9.78 Å². The molecule has 0 aromatic carbocycles. The summed E-state index contributed by atoms with van der Waals surface area (Å²) in [7, 11) is 0. The molecular formula is C21H22N4O2S. The van der Waals surface area contributed by atoms with Crippen LogP contribution in [0, 0.1) is 6.92 Å². The first kappa shape index (κ1) is 17.4. The maximum absolute atomic E-state index is 13.4. The van der Waals surface area contributed by atoms with Crippen LogP contribution in [0.15, 0.2) is 49.1 Å². The van der Waals surface area contributed by atoms with Gasteiger partial charge in [0.2, 0.25) is 0 Å². The second kappa shape index (κ2) is 7.05.